The van der Waals surface area contributed by atoms with Crippen LogP contribution in [-0.4, -0.2) is 12.5 Å². The van der Waals surface area contributed by atoms with Crippen LogP contribution in [0.3, 0.4) is 0 Å². The number of hydrogen-bond acceptors (Lipinski definition) is 1. The molecule has 10 heavy (non-hydrogen) atoms. The van der Waals surface area contributed by atoms with E-state index in [-0.39, 0.29) is 5.91 Å². The molecule has 0 aromatic rings. The lowest BCUT2D eigenvalue weighted by Crippen LogP contribution is -2.16. The van der Waals surface area contributed by atoms with Crippen LogP contribution >= 0.6 is 0 Å². The predicted octanol–water partition coefficient (Wildman–Crippen LogP) is 1.57. The summed E-state index contributed by atoms with van der Waals surface area (Å²) in [4.78, 5) is 10.6. The van der Waals surface area contributed by atoms with Crippen molar-refractivity contribution in [2.75, 3.05) is 6.54 Å². The van der Waals surface area contributed by atoms with Gasteiger partial charge in [-0.2, -0.15) is 0 Å². The Morgan fingerprint density at radius 1 is 1.50 bits per heavy atom. The van der Waals surface area contributed by atoms with Crippen molar-refractivity contribution < 1.29 is 4.79 Å². The molecule has 0 aliphatic rings. The van der Waals surface area contributed by atoms with Gasteiger partial charge >= 0.3 is 0 Å². The fourth-order valence-corrected chi connectivity index (χ4v) is 0.559. The highest BCUT2D eigenvalue weighted by atomic mass is 16.1. The van der Waals surface area contributed by atoms with Crippen LogP contribution in [0.1, 0.15) is 33.6 Å². The lowest BCUT2D eigenvalue weighted by atomic mass is 10.1. The molecule has 0 rings (SSSR count). The predicted molar refractivity (Wildman–Crippen MR) is 41.8 cm³/mol. The van der Waals surface area contributed by atoms with E-state index in [1.165, 1.54) is 0 Å². The largest absolute Gasteiger partial charge is 0.273 e. The summed E-state index contributed by atoms with van der Waals surface area (Å²) in [5.74, 6) is 0.675. The number of carbonyl (C=O) groups is 1. The molecule has 0 heterocycles. The number of rotatable bonds is 4. The number of carbonyl (C=O) groups excluding carboxylic acids is 1. The second kappa shape index (κ2) is 5.27. The van der Waals surface area contributed by atoms with Gasteiger partial charge in [0.2, 0.25) is 5.91 Å². The first-order valence-corrected chi connectivity index (χ1v) is 3.87. The molecule has 2 nitrogen and oxygen atoms in total. The molecule has 0 atom stereocenters. The molecular formula is C8H16NO. The van der Waals surface area contributed by atoms with Crippen molar-refractivity contribution in [2.45, 2.75) is 33.6 Å². The van der Waals surface area contributed by atoms with Gasteiger partial charge in [0.15, 0.2) is 0 Å². The Kier molecular flexibility index (Phi) is 4.99. The maximum absolute atomic E-state index is 10.6. The van der Waals surface area contributed by atoms with Gasteiger partial charge in [-0.25, -0.2) is 0 Å². The Balaban J connectivity index is 3.12. The van der Waals surface area contributed by atoms with Gasteiger partial charge < -0.3 is 0 Å². The van der Waals surface area contributed by atoms with E-state index in [0.717, 1.165) is 6.42 Å². The molecule has 59 valence electrons. The third kappa shape index (κ3) is 5.60. The lowest BCUT2D eigenvalue weighted by molar-refractivity contribution is -0.121. The van der Waals surface area contributed by atoms with Gasteiger partial charge in [-0.05, 0) is 12.3 Å². The quantitative estimate of drug-likeness (QED) is 0.586. The molecule has 0 spiro atoms. The summed E-state index contributed by atoms with van der Waals surface area (Å²) in [6.45, 7) is 6.80. The van der Waals surface area contributed by atoms with E-state index in [9.17, 15) is 4.79 Å². The number of amides is 1. The fourth-order valence-electron chi connectivity index (χ4n) is 0.559. The highest BCUT2D eigenvalue weighted by Crippen LogP contribution is 1.96. The Morgan fingerprint density at radius 2 is 2.10 bits per heavy atom. The van der Waals surface area contributed by atoms with E-state index in [2.05, 4.69) is 19.2 Å². The third-order valence-corrected chi connectivity index (χ3v) is 1.30. The first-order valence-electron chi connectivity index (χ1n) is 3.87. The van der Waals surface area contributed by atoms with Gasteiger partial charge in [0.05, 0.1) is 0 Å². The fraction of sp³-hybridized carbons (Fsp3) is 0.875. The van der Waals surface area contributed by atoms with Crippen LogP contribution in [-0.2, 0) is 4.79 Å². The zero-order valence-electron chi connectivity index (χ0n) is 7.05. The van der Waals surface area contributed by atoms with E-state index in [0.29, 0.717) is 18.9 Å². The second-order valence-electron chi connectivity index (χ2n) is 2.81. The summed E-state index contributed by atoms with van der Waals surface area (Å²) < 4.78 is 0. The SMILES string of the molecule is CCC(=O)[N]CCC(C)C. The molecule has 1 amide bonds. The zero-order valence-corrected chi connectivity index (χ0v) is 7.05. The molecule has 0 aliphatic heterocycles. The Hall–Kier alpha value is -0.530. The van der Waals surface area contributed by atoms with Crippen LogP contribution < -0.4 is 5.32 Å². The molecule has 0 aromatic heterocycles. The summed E-state index contributed by atoms with van der Waals surface area (Å²) in [5, 5.41) is 3.84. The smallest absolute Gasteiger partial charge is 0.240 e. The first kappa shape index (κ1) is 9.47. The van der Waals surface area contributed by atoms with Gasteiger partial charge in [0.1, 0.15) is 0 Å². The molecule has 0 aromatic carbocycles. The standard InChI is InChI=1S/C8H16NO/c1-4-8(10)9-6-5-7(2)3/h7H,4-6H2,1-3H3. The van der Waals surface area contributed by atoms with Gasteiger partial charge in [-0.1, -0.05) is 20.8 Å². The Morgan fingerprint density at radius 3 is 2.50 bits per heavy atom. The van der Waals surface area contributed by atoms with Crippen molar-refractivity contribution in [1.82, 2.24) is 5.32 Å². The third-order valence-electron chi connectivity index (χ3n) is 1.30. The van der Waals surface area contributed by atoms with Crippen molar-refractivity contribution in [3.05, 3.63) is 0 Å². The van der Waals surface area contributed by atoms with Crippen molar-refractivity contribution in [3.63, 3.8) is 0 Å². The molecule has 0 unspecified atom stereocenters. The van der Waals surface area contributed by atoms with E-state index < -0.39 is 0 Å². The van der Waals surface area contributed by atoms with Crippen LogP contribution in [0, 0.1) is 5.92 Å². The van der Waals surface area contributed by atoms with Crippen molar-refractivity contribution in [1.29, 1.82) is 0 Å². The molecule has 0 saturated heterocycles. The molecule has 0 bridgehead atoms. The van der Waals surface area contributed by atoms with E-state index in [1.54, 1.807) is 0 Å². The van der Waals surface area contributed by atoms with Crippen LogP contribution in [0.5, 0.6) is 0 Å². The van der Waals surface area contributed by atoms with Crippen LogP contribution in [0.25, 0.3) is 0 Å². The van der Waals surface area contributed by atoms with Gasteiger partial charge in [-0.15, -0.1) is 0 Å². The molecule has 2 heteroatoms. The summed E-state index contributed by atoms with van der Waals surface area (Å²) >= 11 is 0. The summed E-state index contributed by atoms with van der Waals surface area (Å²) in [7, 11) is 0. The van der Waals surface area contributed by atoms with Crippen molar-refractivity contribution in [3.8, 4) is 0 Å². The average molecular weight is 142 g/mol. The van der Waals surface area contributed by atoms with Gasteiger partial charge in [0, 0.05) is 13.0 Å². The monoisotopic (exact) mass is 142 g/mol. The second-order valence-corrected chi connectivity index (χ2v) is 2.81. The van der Waals surface area contributed by atoms with Crippen molar-refractivity contribution in [2.24, 2.45) is 5.92 Å². The first-order chi connectivity index (χ1) is 4.66. The number of hydrogen-bond donors (Lipinski definition) is 0. The van der Waals surface area contributed by atoms with Gasteiger partial charge in [0.25, 0.3) is 0 Å². The van der Waals surface area contributed by atoms with Crippen molar-refractivity contribution >= 4 is 5.91 Å². The molecule has 0 N–H and O–H groups in total. The minimum Gasteiger partial charge on any atom is -0.273 e. The minimum atomic E-state index is 0.0284. The summed E-state index contributed by atoms with van der Waals surface area (Å²) in [6, 6.07) is 0. The highest BCUT2D eigenvalue weighted by Gasteiger charge is 1.98. The Bertz CT molecular complexity index is 99.4. The van der Waals surface area contributed by atoms with Crippen LogP contribution in [0.2, 0.25) is 0 Å². The average Bonchev–Trinajstić information content (AvgIpc) is 1.87. The van der Waals surface area contributed by atoms with E-state index in [1.807, 2.05) is 6.92 Å². The Labute approximate surface area is 63.0 Å². The lowest BCUT2D eigenvalue weighted by Gasteiger charge is -2.02. The summed E-state index contributed by atoms with van der Waals surface area (Å²) in [6.07, 6.45) is 1.56. The maximum Gasteiger partial charge on any atom is 0.240 e. The normalized spacial score (nSPS) is 10.0. The zero-order chi connectivity index (χ0) is 7.98. The van der Waals surface area contributed by atoms with Crippen LogP contribution in [0.4, 0.5) is 0 Å². The number of nitrogens with zero attached hydrogens (tertiary/aromatic N) is 1. The highest BCUT2D eigenvalue weighted by molar-refractivity contribution is 5.75. The molecule has 0 aliphatic carbocycles. The topological polar surface area (TPSA) is 31.2 Å². The molecule has 1 radical (unpaired) electrons. The van der Waals surface area contributed by atoms with Crippen LogP contribution in [0.15, 0.2) is 0 Å². The molecule has 0 fully saturated rings. The maximum atomic E-state index is 10.6. The van der Waals surface area contributed by atoms with E-state index >= 15 is 0 Å². The molecular weight excluding hydrogens is 126 g/mol. The van der Waals surface area contributed by atoms with Gasteiger partial charge in [-0.3, -0.25) is 10.1 Å². The van der Waals surface area contributed by atoms with E-state index in [4.69, 9.17) is 0 Å². The molecule has 0 saturated carbocycles. The summed E-state index contributed by atoms with van der Waals surface area (Å²) in [5.41, 5.74) is 0. The minimum absolute atomic E-state index is 0.0284.